The highest BCUT2D eigenvalue weighted by atomic mass is 16.5. The molecule has 1 saturated heterocycles. The van der Waals surface area contributed by atoms with Gasteiger partial charge in [-0.1, -0.05) is 6.92 Å². The van der Waals surface area contributed by atoms with Crippen LogP contribution in [0.3, 0.4) is 0 Å². The Morgan fingerprint density at radius 2 is 2.20 bits per heavy atom. The van der Waals surface area contributed by atoms with Crippen molar-refractivity contribution in [2.45, 2.75) is 44.8 Å². The zero-order valence-corrected chi connectivity index (χ0v) is 12.9. The van der Waals surface area contributed by atoms with Crippen molar-refractivity contribution < 1.29 is 9.47 Å². The minimum Gasteiger partial charge on any atom is -0.381 e. The van der Waals surface area contributed by atoms with Gasteiger partial charge < -0.3 is 19.4 Å². The fraction of sp³-hybridized carbons (Fsp3) is 0.800. The molecule has 0 saturated carbocycles. The average Bonchev–Trinajstić information content (AvgIpc) is 2.85. The van der Waals surface area contributed by atoms with Crippen LogP contribution in [-0.4, -0.2) is 47.6 Å². The molecule has 2 heterocycles. The van der Waals surface area contributed by atoms with Gasteiger partial charge in [0, 0.05) is 64.6 Å². The molecule has 5 heteroatoms. The molecule has 1 aromatic heterocycles. The number of nitrogens with one attached hydrogen (secondary N) is 1. The van der Waals surface area contributed by atoms with E-state index in [0.717, 1.165) is 51.5 Å². The standard InChI is InChI=1S/C15H27N3O2/c1-4-16-13(12-14-17-8-9-18(14)3)15(20-5-2)6-10-19-11-7-15/h8-9,13,16H,4-7,10-12H2,1-3H3. The molecule has 1 unspecified atom stereocenters. The van der Waals surface area contributed by atoms with E-state index in [1.165, 1.54) is 0 Å². The quantitative estimate of drug-likeness (QED) is 0.823. The van der Waals surface area contributed by atoms with Crippen molar-refractivity contribution in [2.24, 2.45) is 7.05 Å². The van der Waals surface area contributed by atoms with E-state index < -0.39 is 0 Å². The summed E-state index contributed by atoms with van der Waals surface area (Å²) in [6, 6.07) is 0.275. The summed E-state index contributed by atoms with van der Waals surface area (Å²) >= 11 is 0. The van der Waals surface area contributed by atoms with Crippen LogP contribution in [0, 0.1) is 0 Å². The number of likely N-dealkylation sites (N-methyl/N-ethyl adjacent to an activating group) is 1. The van der Waals surface area contributed by atoms with Gasteiger partial charge in [0.15, 0.2) is 0 Å². The molecule has 1 atom stereocenters. The van der Waals surface area contributed by atoms with Gasteiger partial charge in [0.2, 0.25) is 0 Å². The highest BCUT2D eigenvalue weighted by Gasteiger charge is 2.41. The smallest absolute Gasteiger partial charge is 0.110 e. The van der Waals surface area contributed by atoms with E-state index in [9.17, 15) is 0 Å². The van der Waals surface area contributed by atoms with Gasteiger partial charge in [-0.15, -0.1) is 0 Å². The Labute approximate surface area is 121 Å². The van der Waals surface area contributed by atoms with Crippen molar-refractivity contribution in [1.29, 1.82) is 0 Å². The van der Waals surface area contributed by atoms with Crippen molar-refractivity contribution in [3.8, 4) is 0 Å². The molecule has 0 aromatic carbocycles. The monoisotopic (exact) mass is 281 g/mol. The molecule has 1 aliphatic rings. The maximum absolute atomic E-state index is 6.19. The van der Waals surface area contributed by atoms with Gasteiger partial charge in [-0.05, 0) is 13.5 Å². The number of hydrogen-bond donors (Lipinski definition) is 1. The first-order chi connectivity index (χ1) is 9.72. The summed E-state index contributed by atoms with van der Waals surface area (Å²) in [5.74, 6) is 1.10. The first kappa shape index (κ1) is 15.5. The van der Waals surface area contributed by atoms with Gasteiger partial charge in [0.1, 0.15) is 5.82 Å². The molecule has 1 fully saturated rings. The zero-order chi connectivity index (χ0) is 14.4. The molecule has 1 N–H and O–H groups in total. The summed E-state index contributed by atoms with van der Waals surface area (Å²) in [5.41, 5.74) is -0.130. The highest BCUT2D eigenvalue weighted by molar-refractivity contribution is 5.03. The summed E-state index contributed by atoms with van der Waals surface area (Å²) in [4.78, 5) is 4.46. The summed E-state index contributed by atoms with van der Waals surface area (Å²) in [5, 5.41) is 3.61. The molecule has 114 valence electrons. The van der Waals surface area contributed by atoms with Gasteiger partial charge in [0.25, 0.3) is 0 Å². The van der Waals surface area contributed by atoms with E-state index in [1.54, 1.807) is 0 Å². The Balaban J connectivity index is 2.17. The second-order valence-electron chi connectivity index (χ2n) is 5.38. The van der Waals surface area contributed by atoms with Gasteiger partial charge in [-0.2, -0.15) is 0 Å². The van der Waals surface area contributed by atoms with Crippen LogP contribution in [0.4, 0.5) is 0 Å². The molecule has 5 nitrogen and oxygen atoms in total. The van der Waals surface area contributed by atoms with Gasteiger partial charge in [-0.3, -0.25) is 0 Å². The predicted molar refractivity (Wildman–Crippen MR) is 78.8 cm³/mol. The number of nitrogens with zero attached hydrogens (tertiary/aromatic N) is 2. The number of imidazole rings is 1. The normalized spacial score (nSPS) is 19.9. The van der Waals surface area contributed by atoms with Crippen molar-refractivity contribution in [3.63, 3.8) is 0 Å². The second kappa shape index (κ2) is 7.20. The average molecular weight is 281 g/mol. The Kier molecular flexibility index (Phi) is 5.57. The van der Waals surface area contributed by atoms with Crippen LogP contribution in [0.5, 0.6) is 0 Å². The first-order valence-electron chi connectivity index (χ1n) is 7.63. The minimum atomic E-state index is -0.130. The molecular weight excluding hydrogens is 254 g/mol. The topological polar surface area (TPSA) is 48.3 Å². The lowest BCUT2D eigenvalue weighted by molar-refractivity contribution is -0.126. The Morgan fingerprint density at radius 1 is 1.45 bits per heavy atom. The van der Waals surface area contributed by atoms with Crippen LogP contribution in [0.2, 0.25) is 0 Å². The fourth-order valence-electron chi connectivity index (χ4n) is 3.06. The maximum atomic E-state index is 6.19. The predicted octanol–water partition coefficient (Wildman–Crippen LogP) is 1.53. The molecule has 0 amide bonds. The van der Waals surface area contributed by atoms with Crippen molar-refractivity contribution in [1.82, 2.24) is 14.9 Å². The van der Waals surface area contributed by atoms with Crippen LogP contribution in [0.1, 0.15) is 32.5 Å². The second-order valence-corrected chi connectivity index (χ2v) is 5.38. The number of hydrogen-bond acceptors (Lipinski definition) is 4. The highest BCUT2D eigenvalue weighted by Crippen LogP contribution is 2.30. The van der Waals surface area contributed by atoms with Crippen LogP contribution < -0.4 is 5.32 Å². The van der Waals surface area contributed by atoms with Gasteiger partial charge >= 0.3 is 0 Å². The van der Waals surface area contributed by atoms with E-state index >= 15 is 0 Å². The third-order valence-electron chi connectivity index (χ3n) is 4.16. The van der Waals surface area contributed by atoms with Gasteiger partial charge in [0.05, 0.1) is 5.60 Å². The Bertz CT molecular complexity index is 394. The van der Waals surface area contributed by atoms with Crippen LogP contribution >= 0.6 is 0 Å². The number of ether oxygens (including phenoxy) is 2. The van der Waals surface area contributed by atoms with Crippen molar-refractivity contribution in [3.05, 3.63) is 18.2 Å². The van der Waals surface area contributed by atoms with Crippen LogP contribution in [-0.2, 0) is 22.9 Å². The molecule has 0 spiro atoms. The number of aromatic nitrogens is 2. The third-order valence-corrected chi connectivity index (χ3v) is 4.16. The van der Waals surface area contributed by atoms with Crippen molar-refractivity contribution >= 4 is 0 Å². The summed E-state index contributed by atoms with van der Waals surface area (Å²) in [6.45, 7) is 7.45. The summed E-state index contributed by atoms with van der Waals surface area (Å²) in [6.07, 6.45) is 6.63. The molecular formula is C15H27N3O2. The largest absolute Gasteiger partial charge is 0.381 e. The van der Waals surface area contributed by atoms with Crippen LogP contribution in [0.15, 0.2) is 12.4 Å². The minimum absolute atomic E-state index is 0.130. The molecule has 2 rings (SSSR count). The van der Waals surface area contributed by atoms with E-state index in [0.29, 0.717) is 0 Å². The Hall–Kier alpha value is -0.910. The summed E-state index contributed by atoms with van der Waals surface area (Å²) < 4.78 is 13.8. The maximum Gasteiger partial charge on any atom is 0.110 e. The van der Waals surface area contributed by atoms with Crippen molar-refractivity contribution in [2.75, 3.05) is 26.4 Å². The Morgan fingerprint density at radius 3 is 2.75 bits per heavy atom. The number of rotatable bonds is 7. The van der Waals surface area contributed by atoms with Crippen LogP contribution in [0.25, 0.3) is 0 Å². The lowest BCUT2D eigenvalue weighted by atomic mass is 9.83. The lowest BCUT2D eigenvalue weighted by Gasteiger charge is -2.43. The molecule has 0 bridgehead atoms. The van der Waals surface area contributed by atoms with E-state index in [2.05, 4.69) is 28.7 Å². The fourth-order valence-corrected chi connectivity index (χ4v) is 3.06. The lowest BCUT2D eigenvalue weighted by Crippen LogP contribution is -2.56. The number of aryl methyl sites for hydroxylation is 1. The molecule has 0 radical (unpaired) electrons. The van der Waals surface area contributed by atoms with Gasteiger partial charge in [-0.25, -0.2) is 4.98 Å². The van der Waals surface area contributed by atoms with E-state index in [1.807, 2.05) is 19.4 Å². The zero-order valence-electron chi connectivity index (χ0n) is 12.9. The molecule has 20 heavy (non-hydrogen) atoms. The molecule has 1 aromatic rings. The summed E-state index contributed by atoms with van der Waals surface area (Å²) in [7, 11) is 2.04. The SMILES string of the molecule is CCNC(Cc1nccn1C)C1(OCC)CCOCC1. The molecule has 0 aliphatic carbocycles. The van der Waals surface area contributed by atoms with E-state index in [-0.39, 0.29) is 11.6 Å². The third kappa shape index (κ3) is 3.40. The van der Waals surface area contributed by atoms with E-state index in [4.69, 9.17) is 9.47 Å². The molecule has 1 aliphatic heterocycles. The first-order valence-corrected chi connectivity index (χ1v) is 7.63.